The quantitative estimate of drug-likeness (QED) is 0.793. The summed E-state index contributed by atoms with van der Waals surface area (Å²) in [5.41, 5.74) is 1.78. The Morgan fingerprint density at radius 3 is 2.55 bits per heavy atom. The number of anilines is 2. The highest BCUT2D eigenvalue weighted by Gasteiger charge is 2.01. The number of aromatic nitrogens is 1. The monoisotopic (exact) mass is 290 g/mol. The molecule has 5 nitrogen and oxygen atoms in total. The van der Waals surface area contributed by atoms with Gasteiger partial charge in [-0.15, -0.1) is 11.3 Å². The number of rotatable bonds is 5. The number of hydrogen-bond acceptors (Lipinski definition) is 4. The van der Waals surface area contributed by atoms with Crippen LogP contribution in [-0.2, 0) is 13.0 Å². The standard InChI is InChI=1S/C14H18N4OS/c1-3-13-17-9-12(20-13)8-16-10-4-6-11(7-5-10)18-14(19)15-2/h4-7,9,16H,3,8H2,1-2H3,(H2,15,18,19). The Morgan fingerprint density at radius 2 is 1.95 bits per heavy atom. The van der Waals surface area contributed by atoms with Gasteiger partial charge in [-0.1, -0.05) is 6.92 Å². The molecule has 0 saturated heterocycles. The van der Waals surface area contributed by atoms with Crippen LogP contribution in [-0.4, -0.2) is 18.1 Å². The number of aryl methyl sites for hydroxylation is 1. The highest BCUT2D eigenvalue weighted by atomic mass is 32.1. The zero-order valence-electron chi connectivity index (χ0n) is 11.6. The Hall–Kier alpha value is -2.08. The van der Waals surface area contributed by atoms with Crippen molar-refractivity contribution in [1.29, 1.82) is 0 Å². The van der Waals surface area contributed by atoms with E-state index in [1.807, 2.05) is 30.5 Å². The smallest absolute Gasteiger partial charge is 0.318 e. The summed E-state index contributed by atoms with van der Waals surface area (Å²) in [5, 5.41) is 9.72. The summed E-state index contributed by atoms with van der Waals surface area (Å²) in [6, 6.07) is 7.38. The zero-order valence-corrected chi connectivity index (χ0v) is 12.4. The van der Waals surface area contributed by atoms with Gasteiger partial charge in [0.1, 0.15) is 0 Å². The van der Waals surface area contributed by atoms with Gasteiger partial charge in [0.2, 0.25) is 0 Å². The van der Waals surface area contributed by atoms with E-state index in [2.05, 4.69) is 27.9 Å². The van der Waals surface area contributed by atoms with Crippen LogP contribution in [0.1, 0.15) is 16.8 Å². The number of hydrogen-bond donors (Lipinski definition) is 3. The molecule has 0 fully saturated rings. The summed E-state index contributed by atoms with van der Waals surface area (Å²) in [7, 11) is 1.59. The van der Waals surface area contributed by atoms with Gasteiger partial charge >= 0.3 is 6.03 Å². The minimum atomic E-state index is -0.220. The maximum atomic E-state index is 11.2. The number of amides is 2. The minimum Gasteiger partial charge on any atom is -0.380 e. The molecule has 0 spiro atoms. The third-order valence-electron chi connectivity index (χ3n) is 2.74. The Kier molecular flexibility index (Phi) is 4.95. The van der Waals surface area contributed by atoms with E-state index in [0.29, 0.717) is 0 Å². The Labute approximate surface area is 122 Å². The van der Waals surface area contributed by atoms with E-state index >= 15 is 0 Å². The van der Waals surface area contributed by atoms with Crippen LogP contribution < -0.4 is 16.0 Å². The molecule has 6 heteroatoms. The molecular weight excluding hydrogens is 272 g/mol. The van der Waals surface area contributed by atoms with E-state index in [1.54, 1.807) is 18.4 Å². The molecule has 20 heavy (non-hydrogen) atoms. The number of nitrogens with one attached hydrogen (secondary N) is 3. The normalized spacial score (nSPS) is 10.1. The number of urea groups is 1. The first-order valence-electron chi connectivity index (χ1n) is 6.47. The van der Waals surface area contributed by atoms with Crippen molar-refractivity contribution in [3.05, 3.63) is 40.3 Å². The molecule has 0 radical (unpaired) electrons. The van der Waals surface area contributed by atoms with Crippen molar-refractivity contribution in [3.63, 3.8) is 0 Å². The fourth-order valence-electron chi connectivity index (χ4n) is 1.65. The molecule has 2 aromatic rings. The van der Waals surface area contributed by atoms with Crippen molar-refractivity contribution < 1.29 is 4.79 Å². The van der Waals surface area contributed by atoms with Gasteiger partial charge in [-0.2, -0.15) is 0 Å². The fraction of sp³-hybridized carbons (Fsp3) is 0.286. The van der Waals surface area contributed by atoms with E-state index in [0.717, 1.165) is 29.3 Å². The van der Waals surface area contributed by atoms with Crippen LogP contribution in [0.5, 0.6) is 0 Å². The first-order chi connectivity index (χ1) is 9.71. The third-order valence-corrected chi connectivity index (χ3v) is 3.88. The van der Waals surface area contributed by atoms with E-state index in [9.17, 15) is 4.79 Å². The molecule has 1 aromatic heterocycles. The van der Waals surface area contributed by atoms with Crippen molar-refractivity contribution in [2.24, 2.45) is 0 Å². The van der Waals surface area contributed by atoms with Gasteiger partial charge in [-0.05, 0) is 30.7 Å². The third kappa shape index (κ3) is 3.96. The second-order valence-electron chi connectivity index (χ2n) is 4.21. The summed E-state index contributed by atoms with van der Waals surface area (Å²) in [5.74, 6) is 0. The molecule has 0 bridgehead atoms. The molecule has 2 rings (SSSR count). The predicted molar refractivity (Wildman–Crippen MR) is 83.3 cm³/mol. The lowest BCUT2D eigenvalue weighted by atomic mass is 10.3. The topological polar surface area (TPSA) is 66.0 Å². The lowest BCUT2D eigenvalue weighted by molar-refractivity contribution is 0.254. The molecule has 106 valence electrons. The van der Waals surface area contributed by atoms with E-state index < -0.39 is 0 Å². The van der Waals surface area contributed by atoms with Gasteiger partial charge in [0.15, 0.2) is 0 Å². The van der Waals surface area contributed by atoms with E-state index in [-0.39, 0.29) is 6.03 Å². The summed E-state index contributed by atoms with van der Waals surface area (Å²) < 4.78 is 0. The van der Waals surface area contributed by atoms with Gasteiger partial charge in [0, 0.05) is 29.5 Å². The first-order valence-corrected chi connectivity index (χ1v) is 7.29. The van der Waals surface area contributed by atoms with Crippen LogP contribution in [0.25, 0.3) is 0 Å². The number of benzene rings is 1. The first kappa shape index (κ1) is 14.3. The van der Waals surface area contributed by atoms with Gasteiger partial charge < -0.3 is 16.0 Å². The number of thiazole rings is 1. The maximum absolute atomic E-state index is 11.2. The molecule has 0 saturated carbocycles. The average Bonchev–Trinajstić information content (AvgIpc) is 2.94. The predicted octanol–water partition coefficient (Wildman–Crippen LogP) is 3.07. The summed E-state index contributed by atoms with van der Waals surface area (Å²) in [6.45, 7) is 2.87. The molecule has 0 unspecified atom stereocenters. The molecule has 1 heterocycles. The van der Waals surface area contributed by atoms with E-state index in [4.69, 9.17) is 0 Å². The summed E-state index contributed by atoms with van der Waals surface area (Å²) in [4.78, 5) is 16.7. The molecule has 1 aromatic carbocycles. The molecule has 3 N–H and O–H groups in total. The SMILES string of the molecule is CCc1ncc(CNc2ccc(NC(=O)NC)cc2)s1. The zero-order chi connectivity index (χ0) is 14.4. The molecule has 0 aliphatic carbocycles. The van der Waals surface area contributed by atoms with Crippen LogP contribution in [0.3, 0.4) is 0 Å². The lowest BCUT2D eigenvalue weighted by Crippen LogP contribution is -2.24. The molecular formula is C14H18N4OS. The molecule has 0 atom stereocenters. The number of carbonyl (C=O) groups is 1. The van der Waals surface area contributed by atoms with Crippen molar-refractivity contribution in [3.8, 4) is 0 Å². The second kappa shape index (κ2) is 6.91. The number of carbonyl (C=O) groups excluding carboxylic acids is 1. The Morgan fingerprint density at radius 1 is 1.25 bits per heavy atom. The second-order valence-corrected chi connectivity index (χ2v) is 5.41. The van der Waals surface area contributed by atoms with Gasteiger partial charge in [-0.3, -0.25) is 0 Å². The van der Waals surface area contributed by atoms with Crippen LogP contribution in [0.2, 0.25) is 0 Å². The van der Waals surface area contributed by atoms with Crippen LogP contribution in [0, 0.1) is 0 Å². The maximum Gasteiger partial charge on any atom is 0.318 e. The number of nitrogens with zero attached hydrogens (tertiary/aromatic N) is 1. The van der Waals surface area contributed by atoms with Crippen LogP contribution in [0.4, 0.5) is 16.2 Å². The van der Waals surface area contributed by atoms with Crippen molar-refractivity contribution in [1.82, 2.24) is 10.3 Å². The fourth-order valence-corrected chi connectivity index (χ4v) is 2.45. The Bertz CT molecular complexity index is 565. The van der Waals surface area contributed by atoms with Crippen molar-refractivity contribution in [2.75, 3.05) is 17.7 Å². The van der Waals surface area contributed by atoms with Crippen molar-refractivity contribution in [2.45, 2.75) is 19.9 Å². The largest absolute Gasteiger partial charge is 0.380 e. The van der Waals surface area contributed by atoms with E-state index in [1.165, 1.54) is 4.88 Å². The van der Waals surface area contributed by atoms with Gasteiger partial charge in [0.25, 0.3) is 0 Å². The van der Waals surface area contributed by atoms with Gasteiger partial charge in [-0.25, -0.2) is 9.78 Å². The van der Waals surface area contributed by atoms with Crippen LogP contribution in [0.15, 0.2) is 30.5 Å². The molecule has 2 amide bonds. The highest BCUT2D eigenvalue weighted by molar-refractivity contribution is 7.11. The minimum absolute atomic E-state index is 0.220. The lowest BCUT2D eigenvalue weighted by Gasteiger charge is -2.07. The van der Waals surface area contributed by atoms with Crippen LogP contribution >= 0.6 is 11.3 Å². The highest BCUT2D eigenvalue weighted by Crippen LogP contribution is 2.17. The molecule has 0 aliphatic rings. The van der Waals surface area contributed by atoms with Gasteiger partial charge in [0.05, 0.1) is 11.6 Å². The summed E-state index contributed by atoms with van der Waals surface area (Å²) in [6.07, 6.45) is 2.89. The summed E-state index contributed by atoms with van der Waals surface area (Å²) >= 11 is 1.73. The Balaban J connectivity index is 1.88. The average molecular weight is 290 g/mol. The van der Waals surface area contributed by atoms with Crippen molar-refractivity contribution >= 4 is 28.7 Å². The molecule has 0 aliphatic heterocycles.